The Morgan fingerprint density at radius 3 is 2.76 bits per heavy atom. The van der Waals surface area contributed by atoms with Gasteiger partial charge < -0.3 is 9.73 Å². The molecule has 2 N–H and O–H groups in total. The van der Waals surface area contributed by atoms with Gasteiger partial charge >= 0.3 is 6.03 Å². The summed E-state index contributed by atoms with van der Waals surface area (Å²) in [5.41, 5.74) is 0.243. The Morgan fingerprint density at radius 1 is 1.20 bits per heavy atom. The maximum atomic E-state index is 12.5. The number of imide groups is 1. The van der Waals surface area contributed by atoms with Crippen molar-refractivity contribution in [3.63, 3.8) is 0 Å². The number of rotatable bonds is 4. The molecule has 0 aliphatic rings. The standard InChI is InChI=1S/C17H16N4O4/c1-11-19-14-7-3-2-6-13(14)16(23)21(11)10-15(22)20-17(24)18-9-12-5-4-8-25-12/h2-8H,9-10H2,1H3,(H2,18,20,22,24). The molecule has 3 rings (SSSR count). The fourth-order valence-corrected chi connectivity index (χ4v) is 2.40. The van der Waals surface area contributed by atoms with Crippen molar-refractivity contribution in [1.29, 1.82) is 0 Å². The molecule has 0 bridgehead atoms. The van der Waals surface area contributed by atoms with Crippen molar-refractivity contribution in [3.05, 3.63) is 64.6 Å². The highest BCUT2D eigenvalue weighted by Crippen LogP contribution is 2.07. The largest absolute Gasteiger partial charge is 0.467 e. The second kappa shape index (κ2) is 7.00. The van der Waals surface area contributed by atoms with E-state index in [0.29, 0.717) is 22.5 Å². The molecule has 8 heteroatoms. The van der Waals surface area contributed by atoms with Crippen molar-refractivity contribution in [3.8, 4) is 0 Å². The van der Waals surface area contributed by atoms with Crippen LogP contribution in [0.25, 0.3) is 10.9 Å². The van der Waals surface area contributed by atoms with Gasteiger partial charge in [0.1, 0.15) is 18.1 Å². The number of carbonyl (C=O) groups excluding carboxylic acids is 2. The molecule has 0 fully saturated rings. The number of benzene rings is 1. The molecule has 0 aliphatic carbocycles. The van der Waals surface area contributed by atoms with Crippen molar-refractivity contribution in [2.75, 3.05) is 0 Å². The summed E-state index contributed by atoms with van der Waals surface area (Å²) in [6.07, 6.45) is 1.49. The minimum absolute atomic E-state index is 0.155. The average molecular weight is 340 g/mol. The highest BCUT2D eigenvalue weighted by molar-refractivity contribution is 5.94. The van der Waals surface area contributed by atoms with Crippen LogP contribution in [0.4, 0.5) is 4.79 Å². The van der Waals surface area contributed by atoms with Crippen molar-refractivity contribution in [2.45, 2.75) is 20.0 Å². The van der Waals surface area contributed by atoms with Crippen LogP contribution in [0.5, 0.6) is 0 Å². The number of nitrogens with zero attached hydrogens (tertiary/aromatic N) is 2. The molecule has 0 spiro atoms. The van der Waals surface area contributed by atoms with Crippen molar-refractivity contribution < 1.29 is 14.0 Å². The number of aromatic nitrogens is 2. The number of urea groups is 1. The maximum absolute atomic E-state index is 12.5. The Hall–Kier alpha value is -3.42. The zero-order valence-electron chi connectivity index (χ0n) is 13.5. The Labute approximate surface area is 142 Å². The predicted octanol–water partition coefficient (Wildman–Crippen LogP) is 1.32. The molecule has 2 aromatic heterocycles. The first-order valence-corrected chi connectivity index (χ1v) is 7.61. The third-order valence-corrected chi connectivity index (χ3v) is 3.61. The Balaban J connectivity index is 1.67. The van der Waals surface area contributed by atoms with E-state index in [1.807, 2.05) is 0 Å². The minimum Gasteiger partial charge on any atom is -0.467 e. The van der Waals surface area contributed by atoms with Crippen molar-refractivity contribution in [2.24, 2.45) is 0 Å². The zero-order valence-corrected chi connectivity index (χ0v) is 13.5. The lowest BCUT2D eigenvalue weighted by molar-refractivity contribution is -0.120. The summed E-state index contributed by atoms with van der Waals surface area (Å²) in [4.78, 5) is 40.6. The maximum Gasteiger partial charge on any atom is 0.321 e. The summed E-state index contributed by atoms with van der Waals surface area (Å²) in [5, 5.41) is 5.09. The second-order valence-corrected chi connectivity index (χ2v) is 5.38. The summed E-state index contributed by atoms with van der Waals surface area (Å²) in [7, 11) is 0. The minimum atomic E-state index is -0.666. The summed E-state index contributed by atoms with van der Waals surface area (Å²) in [6, 6.07) is 9.63. The Kier molecular flexibility index (Phi) is 4.60. The van der Waals surface area contributed by atoms with Gasteiger partial charge in [-0.1, -0.05) is 12.1 Å². The zero-order chi connectivity index (χ0) is 17.8. The number of furan rings is 1. The molecule has 128 valence electrons. The van der Waals surface area contributed by atoms with Crippen LogP contribution in [0.3, 0.4) is 0 Å². The van der Waals surface area contributed by atoms with E-state index in [-0.39, 0.29) is 18.6 Å². The number of para-hydroxylation sites is 1. The predicted molar refractivity (Wildman–Crippen MR) is 89.8 cm³/mol. The molecule has 0 saturated heterocycles. The molecule has 8 nitrogen and oxygen atoms in total. The molecule has 3 amide bonds. The SMILES string of the molecule is Cc1nc2ccccc2c(=O)n1CC(=O)NC(=O)NCc1ccco1. The van der Waals surface area contributed by atoms with E-state index >= 15 is 0 Å². The first-order valence-electron chi connectivity index (χ1n) is 7.61. The molecule has 0 unspecified atom stereocenters. The number of fused-ring (bicyclic) bond motifs is 1. The van der Waals surface area contributed by atoms with Crippen LogP contribution in [0.1, 0.15) is 11.6 Å². The summed E-state index contributed by atoms with van der Waals surface area (Å²) in [6.45, 7) is 1.50. The van der Waals surface area contributed by atoms with Crippen LogP contribution in [-0.4, -0.2) is 21.5 Å². The molecule has 1 aromatic carbocycles. The fraction of sp³-hybridized carbons (Fsp3) is 0.176. The van der Waals surface area contributed by atoms with Gasteiger partial charge in [-0.2, -0.15) is 0 Å². The molecular weight excluding hydrogens is 324 g/mol. The first kappa shape index (κ1) is 16.4. The van der Waals surface area contributed by atoms with Gasteiger partial charge in [0.05, 0.1) is 23.7 Å². The Morgan fingerprint density at radius 2 is 2.00 bits per heavy atom. The number of aryl methyl sites for hydroxylation is 1. The first-order chi connectivity index (χ1) is 12.0. The lowest BCUT2D eigenvalue weighted by Crippen LogP contribution is -2.42. The average Bonchev–Trinajstić information content (AvgIpc) is 3.10. The molecule has 0 radical (unpaired) electrons. The molecular formula is C17H16N4O4. The van der Waals surface area contributed by atoms with Gasteiger partial charge in [0, 0.05) is 0 Å². The fourth-order valence-electron chi connectivity index (χ4n) is 2.40. The molecule has 0 aliphatic heterocycles. The highest BCUT2D eigenvalue weighted by atomic mass is 16.3. The summed E-state index contributed by atoms with van der Waals surface area (Å²) in [5.74, 6) is 0.350. The van der Waals surface area contributed by atoms with Gasteiger partial charge in [0.15, 0.2) is 0 Å². The third-order valence-electron chi connectivity index (χ3n) is 3.61. The van der Waals surface area contributed by atoms with E-state index in [1.165, 1.54) is 10.8 Å². The quantitative estimate of drug-likeness (QED) is 0.745. The Bertz CT molecular complexity index is 976. The van der Waals surface area contributed by atoms with Gasteiger partial charge in [-0.3, -0.25) is 19.5 Å². The number of hydrogen-bond donors (Lipinski definition) is 2. The monoisotopic (exact) mass is 340 g/mol. The van der Waals surface area contributed by atoms with Gasteiger partial charge in [0.25, 0.3) is 5.56 Å². The van der Waals surface area contributed by atoms with E-state index in [9.17, 15) is 14.4 Å². The van der Waals surface area contributed by atoms with Crippen LogP contribution in [0.15, 0.2) is 51.9 Å². The number of carbonyl (C=O) groups is 2. The molecule has 0 saturated carbocycles. The van der Waals surface area contributed by atoms with Gasteiger partial charge in [-0.05, 0) is 31.2 Å². The van der Waals surface area contributed by atoms with E-state index in [0.717, 1.165) is 0 Å². The summed E-state index contributed by atoms with van der Waals surface area (Å²) < 4.78 is 6.31. The molecule has 25 heavy (non-hydrogen) atoms. The van der Waals surface area contributed by atoms with E-state index in [2.05, 4.69) is 15.6 Å². The van der Waals surface area contributed by atoms with Crippen LogP contribution in [0.2, 0.25) is 0 Å². The van der Waals surface area contributed by atoms with Crippen molar-refractivity contribution >= 4 is 22.8 Å². The summed E-state index contributed by atoms with van der Waals surface area (Å²) >= 11 is 0. The highest BCUT2D eigenvalue weighted by Gasteiger charge is 2.13. The number of hydrogen-bond acceptors (Lipinski definition) is 5. The van der Waals surface area contributed by atoms with Crippen molar-refractivity contribution in [1.82, 2.24) is 20.2 Å². The smallest absolute Gasteiger partial charge is 0.321 e. The van der Waals surface area contributed by atoms with E-state index in [4.69, 9.17) is 4.42 Å². The van der Waals surface area contributed by atoms with Gasteiger partial charge in [-0.15, -0.1) is 0 Å². The molecule has 0 atom stereocenters. The number of nitrogens with one attached hydrogen (secondary N) is 2. The normalized spacial score (nSPS) is 10.6. The van der Waals surface area contributed by atoms with Gasteiger partial charge in [0.2, 0.25) is 5.91 Å². The lowest BCUT2D eigenvalue weighted by Gasteiger charge is -2.11. The third kappa shape index (κ3) is 3.74. The topological polar surface area (TPSA) is 106 Å². The van der Waals surface area contributed by atoms with Crippen LogP contribution >= 0.6 is 0 Å². The second-order valence-electron chi connectivity index (χ2n) is 5.38. The molecule has 3 aromatic rings. The lowest BCUT2D eigenvalue weighted by atomic mass is 10.2. The molecule has 2 heterocycles. The van der Waals surface area contributed by atoms with E-state index in [1.54, 1.807) is 43.3 Å². The van der Waals surface area contributed by atoms with Gasteiger partial charge in [-0.25, -0.2) is 9.78 Å². The van der Waals surface area contributed by atoms with Crippen LogP contribution in [0, 0.1) is 6.92 Å². The van der Waals surface area contributed by atoms with Crippen LogP contribution < -0.4 is 16.2 Å². The van der Waals surface area contributed by atoms with E-state index < -0.39 is 11.9 Å². The van der Waals surface area contributed by atoms with Crippen LogP contribution in [-0.2, 0) is 17.9 Å². The number of amides is 3.